The maximum absolute atomic E-state index is 13.0. The van der Waals surface area contributed by atoms with E-state index >= 15 is 0 Å². The van der Waals surface area contributed by atoms with E-state index in [-0.39, 0.29) is 31.0 Å². The highest BCUT2D eigenvalue weighted by Crippen LogP contribution is 2.30. The summed E-state index contributed by atoms with van der Waals surface area (Å²) >= 11 is 0. The van der Waals surface area contributed by atoms with Crippen LogP contribution in [0.2, 0.25) is 0 Å². The molecule has 5 rings (SSSR count). The van der Waals surface area contributed by atoms with Crippen molar-refractivity contribution in [3.63, 3.8) is 0 Å². The second-order valence-electron chi connectivity index (χ2n) is 8.56. The summed E-state index contributed by atoms with van der Waals surface area (Å²) in [6, 6.07) is 8.29. The van der Waals surface area contributed by atoms with Gasteiger partial charge in [-0.25, -0.2) is 0 Å². The Morgan fingerprint density at radius 1 is 1.11 bits per heavy atom. The molecule has 1 saturated heterocycles. The van der Waals surface area contributed by atoms with Crippen LogP contribution in [-0.2, 0) is 25.7 Å². The third kappa shape index (κ3) is 4.68. The number of likely N-dealkylation sites (N-methyl/N-ethyl adjacent to an activating group) is 1. The van der Waals surface area contributed by atoms with Crippen LogP contribution in [0.3, 0.4) is 0 Å². The van der Waals surface area contributed by atoms with Gasteiger partial charge in [-0.15, -0.1) is 0 Å². The Kier molecular flexibility index (Phi) is 6.22. The molecule has 2 aliphatic rings. The molecule has 1 N–H and O–H groups in total. The van der Waals surface area contributed by atoms with Gasteiger partial charge < -0.3 is 14.2 Å². The molecule has 0 radical (unpaired) electrons. The molecule has 1 atom stereocenters. The number of nitrogens with zero attached hydrogens (tertiary/aromatic N) is 5. The molecule has 12 nitrogen and oxygen atoms in total. The van der Waals surface area contributed by atoms with E-state index in [1.807, 2.05) is 24.3 Å². The van der Waals surface area contributed by atoms with E-state index in [0.29, 0.717) is 17.1 Å². The van der Waals surface area contributed by atoms with Gasteiger partial charge in [0, 0.05) is 37.5 Å². The van der Waals surface area contributed by atoms with Crippen LogP contribution in [-0.4, -0.2) is 68.8 Å². The Balaban J connectivity index is 1.33. The van der Waals surface area contributed by atoms with E-state index in [1.54, 1.807) is 32.6 Å². The number of rotatable bonds is 7. The number of benzene rings is 1. The molecule has 3 aromatic rings. The van der Waals surface area contributed by atoms with Crippen molar-refractivity contribution in [2.75, 3.05) is 14.2 Å². The monoisotopic (exact) mass is 502 g/mol. The first kappa shape index (κ1) is 23.9. The van der Waals surface area contributed by atoms with Gasteiger partial charge in [-0.05, 0) is 47.9 Å². The van der Waals surface area contributed by atoms with Gasteiger partial charge in [0.25, 0.3) is 11.8 Å². The second-order valence-corrected chi connectivity index (χ2v) is 8.56. The SMILES string of the molecule is COc1cc(-c2ccncc2)cc(-c2noc(CN(C)C3=CC(=O)N(C4CCC(=O)NC4=O)C3=O)n2)c1. The van der Waals surface area contributed by atoms with Gasteiger partial charge in [-0.1, -0.05) is 5.16 Å². The van der Waals surface area contributed by atoms with Gasteiger partial charge in [0.1, 0.15) is 17.5 Å². The summed E-state index contributed by atoms with van der Waals surface area (Å²) in [5.41, 5.74) is 2.57. The average Bonchev–Trinajstić information content (AvgIpc) is 3.48. The zero-order chi connectivity index (χ0) is 26.1. The topological polar surface area (TPSA) is 148 Å². The van der Waals surface area contributed by atoms with Gasteiger partial charge in [0.05, 0.1) is 13.7 Å². The minimum atomic E-state index is -1.03. The number of aromatic nitrogens is 3. The third-order valence-electron chi connectivity index (χ3n) is 6.12. The van der Waals surface area contributed by atoms with Gasteiger partial charge in [0.2, 0.25) is 23.5 Å². The van der Waals surface area contributed by atoms with Crippen molar-refractivity contribution in [3.8, 4) is 28.3 Å². The number of hydrogen-bond donors (Lipinski definition) is 1. The summed E-state index contributed by atoms with van der Waals surface area (Å²) in [5.74, 6) is -1.19. The molecule has 1 aromatic carbocycles. The molecule has 4 amide bonds. The van der Waals surface area contributed by atoms with Crippen molar-refractivity contribution in [2.24, 2.45) is 0 Å². The molecule has 0 spiro atoms. The summed E-state index contributed by atoms with van der Waals surface area (Å²) in [7, 11) is 3.17. The highest BCUT2D eigenvalue weighted by Gasteiger charge is 2.43. The molecule has 4 heterocycles. The first-order valence-corrected chi connectivity index (χ1v) is 11.4. The van der Waals surface area contributed by atoms with E-state index in [2.05, 4.69) is 20.4 Å². The summed E-state index contributed by atoms with van der Waals surface area (Å²) in [5, 5.41) is 6.23. The quantitative estimate of drug-likeness (QED) is 0.469. The predicted octanol–water partition coefficient (Wildman–Crippen LogP) is 1.30. The van der Waals surface area contributed by atoms with Crippen LogP contribution >= 0.6 is 0 Å². The molecule has 12 heteroatoms. The molecule has 1 unspecified atom stereocenters. The highest BCUT2D eigenvalue weighted by molar-refractivity contribution is 6.18. The number of pyridine rings is 1. The summed E-state index contributed by atoms with van der Waals surface area (Å²) in [6.07, 6.45) is 4.69. The first-order chi connectivity index (χ1) is 17.8. The molecule has 2 aromatic heterocycles. The Morgan fingerprint density at radius 2 is 1.86 bits per heavy atom. The minimum absolute atomic E-state index is 0.0439. The van der Waals surface area contributed by atoms with E-state index in [0.717, 1.165) is 22.1 Å². The zero-order valence-electron chi connectivity index (χ0n) is 20.0. The van der Waals surface area contributed by atoms with Crippen LogP contribution in [0.25, 0.3) is 22.5 Å². The van der Waals surface area contributed by atoms with Crippen molar-refractivity contribution in [2.45, 2.75) is 25.4 Å². The highest BCUT2D eigenvalue weighted by atomic mass is 16.5. The molecule has 37 heavy (non-hydrogen) atoms. The fourth-order valence-electron chi connectivity index (χ4n) is 4.25. The van der Waals surface area contributed by atoms with Crippen molar-refractivity contribution in [3.05, 3.63) is 60.4 Å². The lowest BCUT2D eigenvalue weighted by Gasteiger charge is -2.29. The van der Waals surface area contributed by atoms with Crippen molar-refractivity contribution < 1.29 is 28.4 Å². The first-order valence-electron chi connectivity index (χ1n) is 11.4. The standard InChI is InChI=1S/C25H22N6O6/c1-30(19-12-22(33)31(25(19)35)18-3-4-20(32)27-24(18)34)13-21-28-23(29-37-21)16-9-15(10-17(11-16)36-2)14-5-7-26-8-6-14/h5-12,18H,3-4,13H2,1-2H3,(H,27,32,34). The third-order valence-corrected chi connectivity index (χ3v) is 6.12. The number of carbonyl (C=O) groups is 4. The van der Waals surface area contributed by atoms with Crippen LogP contribution in [0.5, 0.6) is 5.75 Å². The average molecular weight is 502 g/mol. The fourth-order valence-corrected chi connectivity index (χ4v) is 4.25. The zero-order valence-corrected chi connectivity index (χ0v) is 20.0. The van der Waals surface area contributed by atoms with Gasteiger partial charge in [-0.2, -0.15) is 4.98 Å². The predicted molar refractivity (Wildman–Crippen MR) is 127 cm³/mol. The van der Waals surface area contributed by atoms with E-state index < -0.39 is 29.7 Å². The normalized spacial score (nSPS) is 17.6. The lowest BCUT2D eigenvalue weighted by atomic mass is 10.0. The van der Waals surface area contributed by atoms with Crippen LogP contribution in [0, 0.1) is 0 Å². The Bertz CT molecular complexity index is 1430. The number of amides is 4. The number of carbonyl (C=O) groups excluding carboxylic acids is 4. The van der Waals surface area contributed by atoms with Crippen LogP contribution in [0.15, 0.2) is 59.0 Å². The van der Waals surface area contributed by atoms with Gasteiger partial charge in [-0.3, -0.25) is 34.4 Å². The van der Waals surface area contributed by atoms with Gasteiger partial charge in [0.15, 0.2) is 0 Å². The molecular formula is C25H22N6O6. The molecule has 188 valence electrons. The summed E-state index contributed by atoms with van der Waals surface area (Å²) < 4.78 is 10.8. The largest absolute Gasteiger partial charge is 0.497 e. The van der Waals surface area contributed by atoms with E-state index in [4.69, 9.17) is 9.26 Å². The number of piperidine rings is 1. The molecular weight excluding hydrogens is 480 g/mol. The number of methoxy groups -OCH3 is 1. The second kappa shape index (κ2) is 9.64. The maximum atomic E-state index is 13.0. The lowest BCUT2D eigenvalue weighted by Crippen LogP contribution is -2.54. The summed E-state index contributed by atoms with van der Waals surface area (Å²) in [6.45, 7) is 0.0439. The van der Waals surface area contributed by atoms with Gasteiger partial charge >= 0.3 is 0 Å². The van der Waals surface area contributed by atoms with Crippen LogP contribution in [0.4, 0.5) is 0 Å². The van der Waals surface area contributed by atoms with Crippen LogP contribution < -0.4 is 10.1 Å². The molecule has 0 aliphatic carbocycles. The molecule has 0 bridgehead atoms. The minimum Gasteiger partial charge on any atom is -0.497 e. The maximum Gasteiger partial charge on any atom is 0.277 e. The summed E-state index contributed by atoms with van der Waals surface area (Å²) in [4.78, 5) is 60.0. The Hall–Kier alpha value is -4.87. The van der Waals surface area contributed by atoms with Crippen molar-refractivity contribution in [1.29, 1.82) is 0 Å². The number of nitrogens with one attached hydrogen (secondary N) is 1. The van der Waals surface area contributed by atoms with E-state index in [9.17, 15) is 19.2 Å². The smallest absolute Gasteiger partial charge is 0.277 e. The number of hydrogen-bond acceptors (Lipinski definition) is 10. The number of imide groups is 2. The molecule has 2 aliphatic heterocycles. The molecule has 1 fully saturated rings. The Labute approximate surface area is 210 Å². The Morgan fingerprint density at radius 3 is 2.59 bits per heavy atom. The van der Waals surface area contributed by atoms with Crippen molar-refractivity contribution >= 4 is 23.6 Å². The van der Waals surface area contributed by atoms with Crippen LogP contribution in [0.1, 0.15) is 18.7 Å². The van der Waals surface area contributed by atoms with E-state index in [1.165, 1.54) is 4.90 Å². The molecule has 0 saturated carbocycles. The van der Waals surface area contributed by atoms with Crippen molar-refractivity contribution in [1.82, 2.24) is 30.2 Å². The fraction of sp³-hybridized carbons (Fsp3) is 0.240. The lowest BCUT2D eigenvalue weighted by molar-refractivity contribution is -0.150. The number of ether oxygens (including phenoxy) is 1.